The van der Waals surface area contributed by atoms with Crippen LogP contribution in [0.5, 0.6) is 0 Å². The van der Waals surface area contributed by atoms with Crippen molar-refractivity contribution in [1.82, 2.24) is 10.2 Å². The molecule has 0 fully saturated rings. The average Bonchev–Trinajstić information content (AvgIpc) is 2.79. The van der Waals surface area contributed by atoms with Crippen molar-refractivity contribution in [2.24, 2.45) is 0 Å². The first kappa shape index (κ1) is 24.3. The third kappa shape index (κ3) is 5.51. The quantitative estimate of drug-likeness (QED) is 0.394. The molecule has 1 aliphatic rings. The summed E-state index contributed by atoms with van der Waals surface area (Å²) < 4.78 is 5.33. The highest BCUT2D eigenvalue weighted by molar-refractivity contribution is 7.80. The Labute approximate surface area is 200 Å². The zero-order valence-electron chi connectivity index (χ0n) is 19.4. The second kappa shape index (κ2) is 11.0. The minimum absolute atomic E-state index is 0.278. The number of nitrogens with one attached hydrogen (secondary N) is 3. The van der Waals surface area contributed by atoms with E-state index in [-0.39, 0.29) is 18.6 Å². The van der Waals surface area contributed by atoms with Crippen molar-refractivity contribution in [3.63, 3.8) is 0 Å². The molecule has 1 heterocycles. The molecule has 0 spiro atoms. The molecule has 2 aromatic rings. The number of urea groups is 1. The van der Waals surface area contributed by atoms with Gasteiger partial charge in [0, 0.05) is 23.6 Å². The van der Waals surface area contributed by atoms with Gasteiger partial charge in [-0.15, -0.1) is 0 Å². The van der Waals surface area contributed by atoms with Crippen LogP contribution < -0.4 is 16.0 Å². The van der Waals surface area contributed by atoms with Crippen LogP contribution in [-0.2, 0) is 16.0 Å². The van der Waals surface area contributed by atoms with Gasteiger partial charge in [-0.05, 0) is 68.7 Å². The molecule has 0 unspecified atom stereocenters. The van der Waals surface area contributed by atoms with E-state index >= 15 is 0 Å². The Bertz CT molecular complexity index is 1080. The summed E-state index contributed by atoms with van der Waals surface area (Å²) in [5.41, 5.74) is 4.49. The van der Waals surface area contributed by atoms with Crippen LogP contribution >= 0.6 is 12.2 Å². The number of carbonyl (C=O) groups excluding carboxylic acids is 2. The number of benzene rings is 2. The molecular weight excluding hydrogens is 436 g/mol. The van der Waals surface area contributed by atoms with Gasteiger partial charge in [-0.2, -0.15) is 0 Å². The third-order valence-electron chi connectivity index (χ3n) is 5.53. The van der Waals surface area contributed by atoms with Crippen LogP contribution in [0.4, 0.5) is 16.2 Å². The number of anilines is 2. The van der Waals surface area contributed by atoms with E-state index in [0.717, 1.165) is 28.9 Å². The molecule has 0 aliphatic carbocycles. The van der Waals surface area contributed by atoms with E-state index in [1.807, 2.05) is 68.1 Å². The first-order valence-electron chi connectivity index (χ1n) is 11.1. The number of allylic oxidation sites excluding steroid dienone is 1. The second-order valence-electron chi connectivity index (χ2n) is 7.56. The van der Waals surface area contributed by atoms with Gasteiger partial charge in [-0.3, -0.25) is 0 Å². The van der Waals surface area contributed by atoms with Crippen LogP contribution in [0.2, 0.25) is 0 Å². The van der Waals surface area contributed by atoms with Crippen LogP contribution in [-0.4, -0.2) is 35.2 Å². The number of para-hydroxylation sites is 1. The molecule has 2 amide bonds. The van der Waals surface area contributed by atoms with Crippen molar-refractivity contribution in [3.8, 4) is 0 Å². The highest BCUT2D eigenvalue weighted by Gasteiger charge is 2.34. The number of carbonyl (C=O) groups is 2. The molecule has 0 aromatic heterocycles. The maximum absolute atomic E-state index is 12.8. The molecule has 3 rings (SSSR count). The largest absolute Gasteiger partial charge is 0.463 e. The zero-order valence-corrected chi connectivity index (χ0v) is 20.2. The lowest BCUT2D eigenvalue weighted by molar-refractivity contribution is -0.139. The van der Waals surface area contributed by atoms with E-state index in [9.17, 15) is 9.59 Å². The van der Waals surface area contributed by atoms with E-state index in [1.54, 1.807) is 13.0 Å². The lowest BCUT2D eigenvalue weighted by Crippen LogP contribution is -2.47. The molecule has 7 nitrogen and oxygen atoms in total. The summed E-state index contributed by atoms with van der Waals surface area (Å²) >= 11 is 5.53. The lowest BCUT2D eigenvalue weighted by Gasteiger charge is -2.37. The smallest absolute Gasteiger partial charge is 0.338 e. The Hall–Kier alpha value is -3.39. The first-order chi connectivity index (χ1) is 15.9. The van der Waals surface area contributed by atoms with Gasteiger partial charge in [0.2, 0.25) is 0 Å². The second-order valence-corrected chi connectivity index (χ2v) is 7.95. The van der Waals surface area contributed by atoms with Crippen molar-refractivity contribution in [2.75, 3.05) is 23.8 Å². The number of hydrogen-bond donors (Lipinski definition) is 3. The van der Waals surface area contributed by atoms with E-state index in [0.29, 0.717) is 22.9 Å². The Kier molecular flexibility index (Phi) is 8.06. The van der Waals surface area contributed by atoms with Gasteiger partial charge in [-0.25, -0.2) is 9.59 Å². The molecule has 0 saturated heterocycles. The number of amides is 2. The summed E-state index contributed by atoms with van der Waals surface area (Å²) in [7, 11) is 0. The van der Waals surface area contributed by atoms with Crippen LogP contribution in [0, 0.1) is 0 Å². The number of thiocarbonyl (C=S) groups is 1. The highest BCUT2D eigenvalue weighted by Crippen LogP contribution is 2.32. The van der Waals surface area contributed by atoms with E-state index in [2.05, 4.69) is 16.0 Å². The normalized spacial score (nSPS) is 15.7. The minimum Gasteiger partial charge on any atom is -0.463 e. The molecule has 0 bridgehead atoms. The van der Waals surface area contributed by atoms with Gasteiger partial charge in [-0.1, -0.05) is 37.3 Å². The molecule has 8 heteroatoms. The molecule has 1 aliphatic heterocycles. The average molecular weight is 467 g/mol. The number of aryl methyl sites for hydroxylation is 1. The number of rotatable bonds is 7. The van der Waals surface area contributed by atoms with Crippen molar-refractivity contribution in [3.05, 3.63) is 70.9 Å². The zero-order chi connectivity index (χ0) is 24.0. The topological polar surface area (TPSA) is 82.7 Å². The lowest BCUT2D eigenvalue weighted by atomic mass is 9.94. The fourth-order valence-corrected chi connectivity index (χ4v) is 4.30. The summed E-state index contributed by atoms with van der Waals surface area (Å²) in [6.07, 6.45) is 0.816. The van der Waals surface area contributed by atoms with Crippen LogP contribution in [0.25, 0.3) is 0 Å². The SMILES string of the molecule is CCOC(=O)C1=C(C)N(CC)C(=S)N[C@H]1c1cccc(NC(=O)Nc2ccccc2CC)c1. The van der Waals surface area contributed by atoms with E-state index < -0.39 is 6.04 Å². The summed E-state index contributed by atoms with van der Waals surface area (Å²) in [4.78, 5) is 27.3. The van der Waals surface area contributed by atoms with E-state index in [1.165, 1.54) is 0 Å². The highest BCUT2D eigenvalue weighted by atomic mass is 32.1. The number of ether oxygens (including phenoxy) is 1. The van der Waals surface area contributed by atoms with Crippen LogP contribution in [0.15, 0.2) is 59.8 Å². The van der Waals surface area contributed by atoms with Crippen LogP contribution in [0.3, 0.4) is 0 Å². The van der Waals surface area contributed by atoms with Gasteiger partial charge < -0.3 is 25.6 Å². The molecule has 33 heavy (non-hydrogen) atoms. The summed E-state index contributed by atoms with van der Waals surface area (Å²) in [5, 5.41) is 9.58. The Morgan fingerprint density at radius 3 is 2.55 bits per heavy atom. The Morgan fingerprint density at radius 1 is 1.09 bits per heavy atom. The van der Waals surface area contributed by atoms with Gasteiger partial charge in [0.1, 0.15) is 0 Å². The Morgan fingerprint density at radius 2 is 1.85 bits per heavy atom. The fourth-order valence-electron chi connectivity index (χ4n) is 3.92. The van der Waals surface area contributed by atoms with Crippen molar-refractivity contribution >= 4 is 40.7 Å². The summed E-state index contributed by atoms with van der Waals surface area (Å²) in [6.45, 7) is 8.58. The van der Waals surface area contributed by atoms with Gasteiger partial charge in [0.15, 0.2) is 5.11 Å². The molecule has 0 saturated carbocycles. The van der Waals surface area contributed by atoms with Crippen molar-refractivity contribution in [1.29, 1.82) is 0 Å². The standard InChI is InChI=1S/C25H30N4O3S/c1-5-17-11-8-9-14-20(17)27-24(31)26-19-13-10-12-18(15-19)22-21(23(30)32-7-3)16(4)29(6-2)25(33)28-22/h8-15,22H,5-7H2,1-4H3,(H,28,33)(H2,26,27,31)/t22-/m0/s1. The molecule has 1 atom stereocenters. The number of nitrogens with zero attached hydrogens (tertiary/aromatic N) is 1. The molecule has 0 radical (unpaired) electrons. The maximum Gasteiger partial charge on any atom is 0.338 e. The molecule has 3 N–H and O–H groups in total. The summed E-state index contributed by atoms with van der Waals surface area (Å²) in [6, 6.07) is 14.2. The van der Waals surface area contributed by atoms with E-state index in [4.69, 9.17) is 17.0 Å². The van der Waals surface area contributed by atoms with Crippen molar-refractivity contribution < 1.29 is 14.3 Å². The molecule has 2 aromatic carbocycles. The molecular formula is C25H30N4O3S. The Balaban J connectivity index is 1.86. The molecule has 174 valence electrons. The van der Waals surface area contributed by atoms with Crippen LogP contribution in [0.1, 0.15) is 44.9 Å². The summed E-state index contributed by atoms with van der Waals surface area (Å²) in [5.74, 6) is -0.388. The van der Waals surface area contributed by atoms with Gasteiger partial charge in [0.05, 0.1) is 18.2 Å². The monoisotopic (exact) mass is 466 g/mol. The van der Waals surface area contributed by atoms with Gasteiger partial charge in [0.25, 0.3) is 0 Å². The fraction of sp³-hybridized carbons (Fsp3) is 0.320. The number of esters is 1. The first-order valence-corrected chi connectivity index (χ1v) is 11.5. The van der Waals surface area contributed by atoms with Crippen molar-refractivity contribution in [2.45, 2.75) is 40.2 Å². The number of hydrogen-bond acceptors (Lipinski definition) is 4. The van der Waals surface area contributed by atoms with Gasteiger partial charge >= 0.3 is 12.0 Å². The predicted octanol–water partition coefficient (Wildman–Crippen LogP) is 4.98. The minimum atomic E-state index is -0.482. The third-order valence-corrected chi connectivity index (χ3v) is 5.87. The maximum atomic E-state index is 12.8. The predicted molar refractivity (Wildman–Crippen MR) is 135 cm³/mol.